The minimum atomic E-state index is -3.59. The molecule has 0 aliphatic carbocycles. The van der Waals surface area contributed by atoms with Crippen molar-refractivity contribution in [3.63, 3.8) is 0 Å². The number of fused-ring (bicyclic) bond motifs is 1. The van der Waals surface area contributed by atoms with E-state index in [0.29, 0.717) is 55.9 Å². The third kappa shape index (κ3) is 3.24. The number of furan rings is 1. The molecule has 3 rings (SSSR count). The van der Waals surface area contributed by atoms with Crippen LogP contribution < -0.4 is 0 Å². The van der Waals surface area contributed by atoms with Crippen LogP contribution in [-0.2, 0) is 14.8 Å². The van der Waals surface area contributed by atoms with Gasteiger partial charge in [-0.25, -0.2) is 8.42 Å². The summed E-state index contributed by atoms with van der Waals surface area (Å²) in [6.45, 7) is 8.26. The Hall–Kier alpha value is -1.90. The molecule has 1 aromatic carbocycles. The minimum Gasteiger partial charge on any atom is -0.451 e. The molecule has 0 N–H and O–H groups in total. The standard InChI is InChI=1S/C18H24N2O5S/c1-4-19(5-2)18(21)17-13(3)15-12-14(6-7-16(15)25-17)26(22,23)20-8-10-24-11-9-20/h6-7,12H,4-5,8-11H2,1-3H3. The molecule has 26 heavy (non-hydrogen) atoms. The second-order valence-corrected chi connectivity index (χ2v) is 8.15. The molecule has 0 saturated carbocycles. The van der Waals surface area contributed by atoms with Crippen LogP contribution in [0.3, 0.4) is 0 Å². The largest absolute Gasteiger partial charge is 0.451 e. The van der Waals surface area contributed by atoms with Crippen molar-refractivity contribution in [2.45, 2.75) is 25.7 Å². The Bertz CT molecular complexity index is 909. The first-order valence-corrected chi connectivity index (χ1v) is 10.2. The van der Waals surface area contributed by atoms with Crippen LogP contribution in [0, 0.1) is 6.92 Å². The summed E-state index contributed by atoms with van der Waals surface area (Å²) < 4.78 is 38.1. The Morgan fingerprint density at radius 1 is 1.19 bits per heavy atom. The maximum absolute atomic E-state index is 12.8. The average molecular weight is 380 g/mol. The smallest absolute Gasteiger partial charge is 0.289 e. The number of hydrogen-bond donors (Lipinski definition) is 0. The van der Waals surface area contributed by atoms with E-state index in [2.05, 4.69) is 0 Å². The normalized spacial score (nSPS) is 16.1. The molecule has 1 fully saturated rings. The zero-order valence-corrected chi connectivity index (χ0v) is 16.1. The molecule has 1 amide bonds. The van der Waals surface area contributed by atoms with Crippen LogP contribution in [0.4, 0.5) is 0 Å². The van der Waals surface area contributed by atoms with Crippen molar-refractivity contribution in [2.24, 2.45) is 0 Å². The van der Waals surface area contributed by atoms with Gasteiger partial charge in [-0.2, -0.15) is 4.31 Å². The van der Waals surface area contributed by atoms with Crippen LogP contribution in [0.25, 0.3) is 11.0 Å². The molecule has 0 atom stereocenters. The predicted octanol–water partition coefficient (Wildman–Crippen LogP) is 2.24. The van der Waals surface area contributed by atoms with Gasteiger partial charge in [-0.1, -0.05) is 0 Å². The van der Waals surface area contributed by atoms with Crippen LogP contribution >= 0.6 is 0 Å². The number of benzene rings is 1. The van der Waals surface area contributed by atoms with Crippen LogP contribution in [-0.4, -0.2) is 62.9 Å². The maximum Gasteiger partial charge on any atom is 0.289 e. The number of aryl methyl sites for hydroxylation is 1. The third-order valence-corrected chi connectivity index (χ3v) is 6.66. The van der Waals surface area contributed by atoms with Gasteiger partial charge in [0.1, 0.15) is 5.58 Å². The number of ether oxygens (including phenoxy) is 1. The first kappa shape index (κ1) is 18.9. The quantitative estimate of drug-likeness (QED) is 0.795. The number of rotatable bonds is 5. The summed E-state index contributed by atoms with van der Waals surface area (Å²) in [4.78, 5) is 14.5. The highest BCUT2D eigenvalue weighted by Gasteiger charge is 2.28. The lowest BCUT2D eigenvalue weighted by molar-refractivity contribution is 0.0730. The van der Waals surface area contributed by atoms with Gasteiger partial charge in [0.2, 0.25) is 10.0 Å². The van der Waals surface area contributed by atoms with E-state index in [-0.39, 0.29) is 16.6 Å². The zero-order chi connectivity index (χ0) is 18.9. The SMILES string of the molecule is CCN(CC)C(=O)c1oc2ccc(S(=O)(=O)N3CCOCC3)cc2c1C. The van der Waals surface area contributed by atoms with E-state index in [1.165, 1.54) is 10.4 Å². The number of nitrogens with zero attached hydrogens (tertiary/aromatic N) is 2. The molecule has 142 valence electrons. The van der Waals surface area contributed by atoms with Gasteiger partial charge in [-0.3, -0.25) is 4.79 Å². The van der Waals surface area contributed by atoms with Gasteiger partial charge in [0.15, 0.2) is 5.76 Å². The molecular formula is C18H24N2O5S. The number of amides is 1. The molecule has 0 radical (unpaired) electrons. The van der Waals surface area contributed by atoms with Gasteiger partial charge in [-0.05, 0) is 39.0 Å². The molecule has 1 saturated heterocycles. The van der Waals surface area contributed by atoms with E-state index in [0.717, 1.165) is 0 Å². The fourth-order valence-corrected chi connectivity index (χ4v) is 4.59. The Kier molecular flexibility index (Phi) is 5.36. The fraction of sp³-hybridized carbons (Fsp3) is 0.500. The van der Waals surface area contributed by atoms with Gasteiger partial charge in [0, 0.05) is 37.1 Å². The van der Waals surface area contributed by atoms with Crippen LogP contribution in [0.1, 0.15) is 30.0 Å². The second kappa shape index (κ2) is 7.38. The number of hydrogen-bond acceptors (Lipinski definition) is 5. The average Bonchev–Trinajstić information content (AvgIpc) is 2.99. The number of morpholine rings is 1. The molecule has 2 aromatic rings. The number of carbonyl (C=O) groups excluding carboxylic acids is 1. The Morgan fingerprint density at radius 2 is 1.85 bits per heavy atom. The highest BCUT2D eigenvalue weighted by molar-refractivity contribution is 7.89. The van der Waals surface area contributed by atoms with Crippen molar-refractivity contribution >= 4 is 26.9 Å². The third-order valence-electron chi connectivity index (χ3n) is 4.76. The molecule has 1 aliphatic heterocycles. The van der Waals surface area contributed by atoms with E-state index >= 15 is 0 Å². The summed E-state index contributed by atoms with van der Waals surface area (Å²) in [5, 5.41) is 0.648. The van der Waals surface area contributed by atoms with Crippen LogP contribution in [0.5, 0.6) is 0 Å². The summed E-state index contributed by atoms with van der Waals surface area (Å²) >= 11 is 0. The molecule has 0 unspecified atom stereocenters. The van der Waals surface area contributed by atoms with Gasteiger partial charge >= 0.3 is 0 Å². The van der Waals surface area contributed by atoms with Crippen molar-refractivity contribution < 1.29 is 22.4 Å². The Labute approximate surface area is 153 Å². The molecule has 0 spiro atoms. The minimum absolute atomic E-state index is 0.179. The highest BCUT2D eigenvalue weighted by atomic mass is 32.2. The monoisotopic (exact) mass is 380 g/mol. The summed E-state index contributed by atoms with van der Waals surface area (Å²) in [6, 6.07) is 4.74. The molecular weight excluding hydrogens is 356 g/mol. The lowest BCUT2D eigenvalue weighted by Gasteiger charge is -2.26. The topological polar surface area (TPSA) is 80.1 Å². The lowest BCUT2D eigenvalue weighted by Crippen LogP contribution is -2.40. The fourth-order valence-electron chi connectivity index (χ4n) is 3.15. The highest BCUT2D eigenvalue weighted by Crippen LogP contribution is 2.29. The first-order chi connectivity index (χ1) is 12.4. The van der Waals surface area contributed by atoms with Crippen molar-refractivity contribution in [3.05, 3.63) is 29.5 Å². The molecule has 8 heteroatoms. The number of carbonyl (C=O) groups is 1. The van der Waals surface area contributed by atoms with Crippen LogP contribution in [0.2, 0.25) is 0 Å². The van der Waals surface area contributed by atoms with Crippen molar-refractivity contribution in [1.29, 1.82) is 0 Å². The Morgan fingerprint density at radius 3 is 2.46 bits per heavy atom. The summed E-state index contributed by atoms with van der Waals surface area (Å²) in [7, 11) is -3.59. The summed E-state index contributed by atoms with van der Waals surface area (Å²) in [6.07, 6.45) is 0. The van der Waals surface area contributed by atoms with Crippen molar-refractivity contribution in [2.75, 3.05) is 39.4 Å². The maximum atomic E-state index is 12.8. The first-order valence-electron chi connectivity index (χ1n) is 8.80. The van der Waals surface area contributed by atoms with Crippen LogP contribution in [0.15, 0.2) is 27.5 Å². The molecule has 1 aliphatic rings. The Balaban J connectivity index is 2.01. The summed E-state index contributed by atoms with van der Waals surface area (Å²) in [5.74, 6) is 0.0888. The number of sulfonamides is 1. The predicted molar refractivity (Wildman–Crippen MR) is 97.8 cm³/mol. The van der Waals surface area contributed by atoms with Gasteiger partial charge in [-0.15, -0.1) is 0 Å². The molecule has 1 aromatic heterocycles. The van der Waals surface area contributed by atoms with Crippen molar-refractivity contribution in [1.82, 2.24) is 9.21 Å². The van der Waals surface area contributed by atoms with E-state index < -0.39 is 10.0 Å². The van der Waals surface area contributed by atoms with Gasteiger partial charge in [0.25, 0.3) is 5.91 Å². The van der Waals surface area contributed by atoms with E-state index in [9.17, 15) is 13.2 Å². The van der Waals surface area contributed by atoms with Gasteiger partial charge in [0.05, 0.1) is 18.1 Å². The van der Waals surface area contributed by atoms with E-state index in [1.54, 1.807) is 24.0 Å². The van der Waals surface area contributed by atoms with E-state index in [4.69, 9.17) is 9.15 Å². The van der Waals surface area contributed by atoms with E-state index in [1.807, 2.05) is 13.8 Å². The molecule has 0 bridgehead atoms. The van der Waals surface area contributed by atoms with Gasteiger partial charge < -0.3 is 14.1 Å². The van der Waals surface area contributed by atoms with Crippen molar-refractivity contribution in [3.8, 4) is 0 Å². The second-order valence-electron chi connectivity index (χ2n) is 6.21. The zero-order valence-electron chi connectivity index (χ0n) is 15.3. The lowest BCUT2D eigenvalue weighted by atomic mass is 10.1. The molecule has 2 heterocycles. The summed E-state index contributed by atoms with van der Waals surface area (Å²) in [5.41, 5.74) is 1.18. The molecule has 7 nitrogen and oxygen atoms in total.